The predicted octanol–water partition coefficient (Wildman–Crippen LogP) is 8.60. The Morgan fingerprint density at radius 3 is 2.04 bits per heavy atom. The van der Waals surface area contributed by atoms with Gasteiger partial charge in [0.15, 0.2) is 6.10 Å². The standard InChI is InChI=1S/C40H71O11P/c1-4-5-6-7-11-17-22-27-36(42)28-23-18-13-10-15-19-24-29-39(44)48-33-38(34-50-52(46,47)49-32-37(43)31-41)51-40(45)30-25-20-14-9-8-12-16-21-26-35(2)3/h10-11,15,17-18,22-23,27,35-38,41-43H,4-9,12-14,16,19-21,24-26,28-34H2,1-3H3,(H,46,47)/b15-10+,17-11-,23-18-,27-22-/t36-,37+,38-/m1/s1. The number of phosphoric acid groups is 1. The summed E-state index contributed by atoms with van der Waals surface area (Å²) in [5, 5.41) is 28.3. The summed E-state index contributed by atoms with van der Waals surface area (Å²) >= 11 is 0. The molecule has 0 aromatic rings. The van der Waals surface area contributed by atoms with Crippen LogP contribution < -0.4 is 0 Å². The summed E-state index contributed by atoms with van der Waals surface area (Å²) in [5.41, 5.74) is 0. The second-order valence-electron chi connectivity index (χ2n) is 13.6. The molecule has 0 heterocycles. The Kier molecular flexibility index (Phi) is 33.2. The van der Waals surface area contributed by atoms with Crippen molar-refractivity contribution in [2.75, 3.05) is 26.4 Å². The normalized spacial score (nSPS) is 15.2. The number of rotatable bonds is 35. The summed E-state index contributed by atoms with van der Waals surface area (Å²) in [6.45, 7) is 4.43. The van der Waals surface area contributed by atoms with Gasteiger partial charge in [0.2, 0.25) is 0 Å². The number of carbonyl (C=O) groups excluding carboxylic acids is 2. The molecule has 0 bridgehead atoms. The van der Waals surface area contributed by atoms with Gasteiger partial charge in [0, 0.05) is 12.8 Å². The second kappa shape index (κ2) is 34.6. The van der Waals surface area contributed by atoms with Gasteiger partial charge < -0.3 is 29.7 Å². The molecule has 0 radical (unpaired) electrons. The maximum Gasteiger partial charge on any atom is 0.472 e. The molecule has 12 heteroatoms. The van der Waals surface area contributed by atoms with Gasteiger partial charge in [0.25, 0.3) is 0 Å². The SMILES string of the molecule is CCCCC/C=C\C=C/[C@@H](O)C/C=C\C/C=C/CCCC(=O)OC[C@H](COP(=O)(O)OC[C@@H](O)CO)OC(=O)CCCCCCCCCCC(C)C. The Bertz CT molecular complexity index is 1040. The monoisotopic (exact) mass is 758 g/mol. The van der Waals surface area contributed by atoms with E-state index in [1.807, 2.05) is 36.5 Å². The van der Waals surface area contributed by atoms with E-state index in [1.54, 1.807) is 6.08 Å². The smallest absolute Gasteiger partial charge is 0.462 e. The largest absolute Gasteiger partial charge is 0.472 e. The highest BCUT2D eigenvalue weighted by Crippen LogP contribution is 2.43. The first kappa shape index (κ1) is 49.9. The average Bonchev–Trinajstić information content (AvgIpc) is 3.11. The van der Waals surface area contributed by atoms with Crippen molar-refractivity contribution in [3.05, 3.63) is 48.6 Å². The van der Waals surface area contributed by atoms with Gasteiger partial charge in [-0.15, -0.1) is 0 Å². The number of ether oxygens (including phenoxy) is 2. The molecular weight excluding hydrogens is 687 g/mol. The number of esters is 2. The third-order valence-corrected chi connectivity index (χ3v) is 8.95. The predicted molar refractivity (Wildman–Crippen MR) is 206 cm³/mol. The molecular formula is C40H71O11P. The third-order valence-electron chi connectivity index (χ3n) is 7.99. The highest BCUT2D eigenvalue weighted by molar-refractivity contribution is 7.47. The Morgan fingerprint density at radius 2 is 1.35 bits per heavy atom. The molecule has 0 amide bonds. The van der Waals surface area contributed by atoms with Crippen molar-refractivity contribution in [3.63, 3.8) is 0 Å². The fraction of sp³-hybridized carbons (Fsp3) is 0.750. The molecule has 4 atom stereocenters. The summed E-state index contributed by atoms with van der Waals surface area (Å²) in [4.78, 5) is 34.8. The molecule has 302 valence electrons. The first-order chi connectivity index (χ1) is 25.0. The molecule has 0 saturated carbocycles. The Labute approximate surface area is 314 Å². The highest BCUT2D eigenvalue weighted by Gasteiger charge is 2.27. The van der Waals surface area contributed by atoms with E-state index in [9.17, 15) is 29.3 Å². The molecule has 1 unspecified atom stereocenters. The van der Waals surface area contributed by atoms with E-state index >= 15 is 0 Å². The van der Waals surface area contributed by atoms with Crippen LogP contribution in [0, 0.1) is 5.92 Å². The van der Waals surface area contributed by atoms with E-state index in [0.29, 0.717) is 32.1 Å². The Balaban J connectivity index is 4.51. The van der Waals surface area contributed by atoms with Gasteiger partial charge in [-0.25, -0.2) is 4.57 Å². The molecule has 0 spiro atoms. The van der Waals surface area contributed by atoms with Gasteiger partial charge in [0.05, 0.1) is 25.9 Å². The van der Waals surface area contributed by atoms with Gasteiger partial charge in [-0.3, -0.25) is 18.6 Å². The minimum absolute atomic E-state index is 0.131. The number of hydrogen-bond acceptors (Lipinski definition) is 10. The summed E-state index contributed by atoms with van der Waals surface area (Å²) < 4.78 is 32.5. The minimum atomic E-state index is -4.64. The van der Waals surface area contributed by atoms with Crippen LogP contribution in [0.5, 0.6) is 0 Å². The molecule has 0 aliphatic rings. The van der Waals surface area contributed by atoms with Crippen LogP contribution >= 0.6 is 7.82 Å². The molecule has 0 rings (SSSR count). The maximum atomic E-state index is 12.5. The van der Waals surface area contributed by atoms with Crippen LogP contribution in [0.15, 0.2) is 48.6 Å². The molecule has 0 aromatic carbocycles. The fourth-order valence-electron chi connectivity index (χ4n) is 4.90. The zero-order valence-electron chi connectivity index (χ0n) is 32.3. The van der Waals surface area contributed by atoms with E-state index < -0.39 is 57.9 Å². The Hall–Kier alpha value is -2.11. The molecule has 4 N–H and O–H groups in total. The van der Waals surface area contributed by atoms with Crippen molar-refractivity contribution < 1.29 is 52.9 Å². The summed E-state index contributed by atoms with van der Waals surface area (Å²) in [5.74, 6) is -0.292. The van der Waals surface area contributed by atoms with Crippen molar-refractivity contribution in [1.82, 2.24) is 0 Å². The number of hydrogen-bond donors (Lipinski definition) is 4. The van der Waals surface area contributed by atoms with E-state index in [-0.39, 0.29) is 19.4 Å². The number of carbonyl (C=O) groups is 2. The van der Waals surface area contributed by atoms with Gasteiger partial charge in [-0.2, -0.15) is 0 Å². The van der Waals surface area contributed by atoms with Gasteiger partial charge in [-0.05, 0) is 50.9 Å². The molecule has 0 saturated heterocycles. The maximum absolute atomic E-state index is 12.5. The zero-order valence-corrected chi connectivity index (χ0v) is 33.2. The van der Waals surface area contributed by atoms with Crippen LogP contribution in [0.3, 0.4) is 0 Å². The zero-order chi connectivity index (χ0) is 38.7. The molecule has 0 fully saturated rings. The van der Waals surface area contributed by atoms with Crippen molar-refractivity contribution in [2.24, 2.45) is 5.92 Å². The van der Waals surface area contributed by atoms with Crippen molar-refractivity contribution in [3.8, 4) is 0 Å². The summed E-state index contributed by atoms with van der Waals surface area (Å²) in [6.07, 6.45) is 29.9. The minimum Gasteiger partial charge on any atom is -0.462 e. The third kappa shape index (κ3) is 34.9. The van der Waals surface area contributed by atoms with Crippen LogP contribution in [0.25, 0.3) is 0 Å². The lowest BCUT2D eigenvalue weighted by Crippen LogP contribution is -2.29. The molecule has 0 aromatic heterocycles. The first-order valence-electron chi connectivity index (χ1n) is 19.6. The van der Waals surface area contributed by atoms with Crippen molar-refractivity contribution in [2.45, 2.75) is 161 Å². The average molecular weight is 759 g/mol. The van der Waals surface area contributed by atoms with Gasteiger partial charge >= 0.3 is 19.8 Å². The first-order valence-corrected chi connectivity index (χ1v) is 21.1. The molecule has 0 aliphatic carbocycles. The van der Waals surface area contributed by atoms with Crippen molar-refractivity contribution in [1.29, 1.82) is 0 Å². The fourth-order valence-corrected chi connectivity index (χ4v) is 5.69. The quantitative estimate of drug-likeness (QED) is 0.0161. The number of allylic oxidation sites excluding steroid dienone is 6. The molecule has 0 aliphatic heterocycles. The number of aliphatic hydroxyl groups excluding tert-OH is 3. The lowest BCUT2D eigenvalue weighted by atomic mass is 10.0. The van der Waals surface area contributed by atoms with Crippen LogP contribution in [-0.2, 0) is 32.7 Å². The van der Waals surface area contributed by atoms with Gasteiger partial charge in [-0.1, -0.05) is 134 Å². The molecule has 11 nitrogen and oxygen atoms in total. The van der Waals surface area contributed by atoms with Gasteiger partial charge in [0.1, 0.15) is 12.7 Å². The lowest BCUT2D eigenvalue weighted by Gasteiger charge is -2.20. The Morgan fingerprint density at radius 1 is 0.712 bits per heavy atom. The lowest BCUT2D eigenvalue weighted by molar-refractivity contribution is -0.161. The van der Waals surface area contributed by atoms with Crippen LogP contribution in [0.2, 0.25) is 0 Å². The van der Waals surface area contributed by atoms with E-state index in [2.05, 4.69) is 31.4 Å². The second-order valence-corrected chi connectivity index (χ2v) is 15.1. The van der Waals surface area contributed by atoms with Crippen molar-refractivity contribution >= 4 is 19.8 Å². The van der Waals surface area contributed by atoms with Crippen LogP contribution in [-0.4, -0.2) is 76.9 Å². The topological polar surface area (TPSA) is 169 Å². The number of phosphoric ester groups is 1. The van der Waals surface area contributed by atoms with E-state index in [4.69, 9.17) is 19.1 Å². The van der Waals surface area contributed by atoms with Crippen LogP contribution in [0.1, 0.15) is 143 Å². The molecule has 52 heavy (non-hydrogen) atoms. The number of unbranched alkanes of at least 4 members (excludes halogenated alkanes) is 11. The summed E-state index contributed by atoms with van der Waals surface area (Å²) in [7, 11) is -4.64. The van der Waals surface area contributed by atoms with E-state index in [1.165, 1.54) is 51.4 Å². The van der Waals surface area contributed by atoms with Crippen LogP contribution in [0.4, 0.5) is 0 Å². The number of aliphatic hydroxyl groups is 3. The van der Waals surface area contributed by atoms with E-state index in [0.717, 1.165) is 31.6 Å². The summed E-state index contributed by atoms with van der Waals surface area (Å²) in [6, 6.07) is 0. The highest BCUT2D eigenvalue weighted by atomic mass is 31.2.